The van der Waals surface area contributed by atoms with Crippen LogP contribution in [-0.2, 0) is 6.42 Å². The molecule has 0 fully saturated rings. The standard InChI is InChI=1S/C25H20N6OS2/c1-2-21-28-29-25-31(21)30-23(34-25)19-9-6-10-20(15-19)26-24(33)27-22(32)18-13-11-17(12-14-18)16-7-4-3-5-8-16/h3-15H,2H2,1H3,(H2,26,27,32,33). The average Bonchev–Trinajstić information content (AvgIpc) is 3.46. The Kier molecular flexibility index (Phi) is 6.11. The number of hydrogen-bond donors (Lipinski definition) is 2. The molecule has 5 rings (SSSR count). The first-order chi connectivity index (χ1) is 16.6. The summed E-state index contributed by atoms with van der Waals surface area (Å²) in [6, 6.07) is 25.1. The van der Waals surface area contributed by atoms with Crippen LogP contribution in [0.4, 0.5) is 5.69 Å². The summed E-state index contributed by atoms with van der Waals surface area (Å²) in [6.07, 6.45) is 0.759. The minimum atomic E-state index is -0.269. The molecule has 7 nitrogen and oxygen atoms in total. The van der Waals surface area contributed by atoms with Crippen molar-refractivity contribution < 1.29 is 4.79 Å². The topological polar surface area (TPSA) is 84.2 Å². The van der Waals surface area contributed by atoms with E-state index in [0.29, 0.717) is 5.56 Å². The Hall–Kier alpha value is -3.95. The Morgan fingerprint density at radius 2 is 1.68 bits per heavy atom. The number of benzene rings is 3. The van der Waals surface area contributed by atoms with Gasteiger partial charge in [0.2, 0.25) is 4.96 Å². The number of rotatable bonds is 5. The highest BCUT2D eigenvalue weighted by Crippen LogP contribution is 2.27. The average molecular weight is 485 g/mol. The molecule has 2 N–H and O–H groups in total. The summed E-state index contributed by atoms with van der Waals surface area (Å²) in [5.41, 5.74) is 4.36. The van der Waals surface area contributed by atoms with Gasteiger partial charge in [-0.1, -0.05) is 72.9 Å². The lowest BCUT2D eigenvalue weighted by molar-refractivity contribution is 0.0978. The number of carbonyl (C=O) groups excluding carboxylic acids is 1. The number of fused-ring (bicyclic) bond motifs is 1. The van der Waals surface area contributed by atoms with Crippen molar-refractivity contribution in [3.8, 4) is 21.7 Å². The van der Waals surface area contributed by atoms with Crippen molar-refractivity contribution in [3.05, 3.63) is 90.3 Å². The molecule has 0 radical (unpaired) electrons. The third-order valence-corrected chi connectivity index (χ3v) is 6.37. The SMILES string of the molecule is CCc1nnc2sc(-c3cccc(NC(=S)NC(=O)c4ccc(-c5ccccc5)cc4)c3)nn12. The van der Waals surface area contributed by atoms with Crippen molar-refractivity contribution in [2.24, 2.45) is 0 Å². The number of carbonyl (C=O) groups is 1. The summed E-state index contributed by atoms with van der Waals surface area (Å²) in [7, 11) is 0. The molecule has 0 spiro atoms. The molecule has 0 aliphatic rings. The van der Waals surface area contributed by atoms with Crippen molar-refractivity contribution in [1.29, 1.82) is 0 Å². The first-order valence-corrected chi connectivity index (χ1v) is 11.9. The van der Waals surface area contributed by atoms with Crippen molar-refractivity contribution in [1.82, 2.24) is 25.1 Å². The van der Waals surface area contributed by atoms with Gasteiger partial charge in [-0.2, -0.15) is 9.61 Å². The Balaban J connectivity index is 1.25. The Labute approximate surface area is 205 Å². The van der Waals surface area contributed by atoms with E-state index in [1.807, 2.05) is 73.7 Å². The number of amides is 1. The van der Waals surface area contributed by atoms with Crippen LogP contribution < -0.4 is 10.6 Å². The van der Waals surface area contributed by atoms with Gasteiger partial charge < -0.3 is 5.32 Å². The van der Waals surface area contributed by atoms with Crippen LogP contribution in [0.15, 0.2) is 78.9 Å². The van der Waals surface area contributed by atoms with Gasteiger partial charge in [0.1, 0.15) is 5.01 Å². The second-order valence-corrected chi connectivity index (χ2v) is 8.87. The van der Waals surface area contributed by atoms with Crippen molar-refractivity contribution >= 4 is 45.2 Å². The molecule has 3 aromatic carbocycles. The minimum absolute atomic E-state index is 0.223. The number of hydrogen-bond acceptors (Lipinski definition) is 6. The third-order valence-electron chi connectivity index (χ3n) is 5.22. The van der Waals surface area contributed by atoms with Crippen LogP contribution in [0.25, 0.3) is 26.7 Å². The highest BCUT2D eigenvalue weighted by atomic mass is 32.1. The van der Waals surface area contributed by atoms with Gasteiger partial charge >= 0.3 is 0 Å². The van der Waals surface area contributed by atoms with Gasteiger partial charge in [-0.05, 0) is 47.6 Å². The van der Waals surface area contributed by atoms with Gasteiger partial charge in [0.05, 0.1) is 0 Å². The molecule has 0 aliphatic heterocycles. The molecule has 0 saturated carbocycles. The fourth-order valence-corrected chi connectivity index (χ4v) is 4.57. The largest absolute Gasteiger partial charge is 0.332 e. The van der Waals surface area contributed by atoms with Crippen LogP contribution in [0.5, 0.6) is 0 Å². The number of thiocarbonyl (C=S) groups is 1. The Morgan fingerprint density at radius 3 is 2.44 bits per heavy atom. The van der Waals surface area contributed by atoms with Crippen molar-refractivity contribution in [3.63, 3.8) is 0 Å². The summed E-state index contributed by atoms with van der Waals surface area (Å²) in [5.74, 6) is 0.557. The molecule has 2 heterocycles. The van der Waals surface area contributed by atoms with Crippen molar-refractivity contribution in [2.75, 3.05) is 5.32 Å². The van der Waals surface area contributed by atoms with E-state index in [-0.39, 0.29) is 11.0 Å². The quantitative estimate of drug-likeness (QED) is 0.333. The number of aromatic nitrogens is 4. The summed E-state index contributed by atoms with van der Waals surface area (Å²) in [6.45, 7) is 2.02. The van der Waals surface area contributed by atoms with Crippen LogP contribution >= 0.6 is 23.6 Å². The normalized spacial score (nSPS) is 10.9. The van der Waals surface area contributed by atoms with E-state index in [1.165, 1.54) is 11.3 Å². The molecule has 1 amide bonds. The number of anilines is 1. The number of nitrogens with one attached hydrogen (secondary N) is 2. The van der Waals surface area contributed by atoms with Gasteiger partial charge in [0, 0.05) is 23.2 Å². The summed E-state index contributed by atoms with van der Waals surface area (Å²) in [5, 5.41) is 19.8. The predicted octanol–water partition coefficient (Wildman–Crippen LogP) is 5.21. The van der Waals surface area contributed by atoms with E-state index >= 15 is 0 Å². The lowest BCUT2D eigenvalue weighted by atomic mass is 10.0. The zero-order valence-corrected chi connectivity index (χ0v) is 19.9. The van der Waals surface area contributed by atoms with Gasteiger partial charge in [0.25, 0.3) is 5.91 Å². The molecule has 0 saturated heterocycles. The fourth-order valence-electron chi connectivity index (χ4n) is 3.51. The monoisotopic (exact) mass is 484 g/mol. The number of nitrogens with zero attached hydrogens (tertiary/aromatic N) is 4. The third kappa shape index (κ3) is 4.57. The molecule has 0 atom stereocenters. The van der Waals surface area contributed by atoms with Gasteiger partial charge in [0.15, 0.2) is 10.9 Å². The van der Waals surface area contributed by atoms with Crippen LogP contribution in [0, 0.1) is 0 Å². The van der Waals surface area contributed by atoms with E-state index in [0.717, 1.165) is 44.6 Å². The first kappa shape index (κ1) is 21.9. The second kappa shape index (κ2) is 9.50. The first-order valence-electron chi connectivity index (χ1n) is 10.7. The van der Waals surface area contributed by atoms with Crippen LogP contribution in [-0.4, -0.2) is 30.8 Å². The zero-order valence-electron chi connectivity index (χ0n) is 18.2. The van der Waals surface area contributed by atoms with Crippen LogP contribution in [0.2, 0.25) is 0 Å². The fraction of sp³-hybridized carbons (Fsp3) is 0.0800. The molecule has 34 heavy (non-hydrogen) atoms. The van der Waals surface area contributed by atoms with E-state index < -0.39 is 0 Å². The molecular formula is C25H20N6OS2. The van der Waals surface area contributed by atoms with E-state index in [4.69, 9.17) is 12.2 Å². The van der Waals surface area contributed by atoms with Gasteiger partial charge in [-0.25, -0.2) is 0 Å². The molecular weight excluding hydrogens is 464 g/mol. The van der Waals surface area contributed by atoms with Crippen LogP contribution in [0.1, 0.15) is 23.1 Å². The number of aryl methyl sites for hydroxylation is 1. The summed E-state index contributed by atoms with van der Waals surface area (Å²) in [4.78, 5) is 13.4. The Morgan fingerprint density at radius 1 is 0.941 bits per heavy atom. The summed E-state index contributed by atoms with van der Waals surface area (Å²) >= 11 is 6.84. The summed E-state index contributed by atoms with van der Waals surface area (Å²) < 4.78 is 1.77. The molecule has 168 valence electrons. The van der Waals surface area contributed by atoms with E-state index in [2.05, 4.69) is 25.9 Å². The Bertz CT molecular complexity index is 1470. The van der Waals surface area contributed by atoms with Gasteiger partial charge in [-0.15, -0.1) is 10.2 Å². The highest BCUT2D eigenvalue weighted by Gasteiger charge is 2.13. The highest BCUT2D eigenvalue weighted by molar-refractivity contribution is 7.80. The molecule has 5 aromatic rings. The maximum atomic E-state index is 12.6. The second-order valence-electron chi connectivity index (χ2n) is 7.50. The minimum Gasteiger partial charge on any atom is -0.332 e. The molecule has 0 aliphatic carbocycles. The van der Waals surface area contributed by atoms with Crippen molar-refractivity contribution in [2.45, 2.75) is 13.3 Å². The van der Waals surface area contributed by atoms with E-state index in [1.54, 1.807) is 16.6 Å². The smallest absolute Gasteiger partial charge is 0.257 e. The van der Waals surface area contributed by atoms with E-state index in [9.17, 15) is 4.79 Å². The maximum Gasteiger partial charge on any atom is 0.257 e. The maximum absolute atomic E-state index is 12.6. The zero-order chi connectivity index (χ0) is 23.5. The predicted molar refractivity (Wildman–Crippen MR) is 139 cm³/mol. The van der Waals surface area contributed by atoms with Gasteiger partial charge in [-0.3, -0.25) is 10.1 Å². The lowest BCUT2D eigenvalue weighted by Crippen LogP contribution is -2.34. The lowest BCUT2D eigenvalue weighted by Gasteiger charge is -2.11. The molecule has 2 aromatic heterocycles. The van der Waals surface area contributed by atoms with Crippen LogP contribution in [0.3, 0.4) is 0 Å². The molecule has 0 unspecified atom stereocenters. The molecule has 9 heteroatoms. The molecule has 0 bridgehead atoms.